The highest BCUT2D eigenvalue weighted by Gasteiger charge is 2.35. The van der Waals surface area contributed by atoms with E-state index in [1.165, 1.54) is 19.3 Å². The highest BCUT2D eigenvalue weighted by Crippen LogP contribution is 2.36. The molecule has 0 bridgehead atoms. The number of nitriles is 1. The maximum absolute atomic E-state index is 13.1. The third kappa shape index (κ3) is 9.29. The van der Waals surface area contributed by atoms with Gasteiger partial charge in [0.1, 0.15) is 11.4 Å². The summed E-state index contributed by atoms with van der Waals surface area (Å²) in [5.74, 6) is 0.617. The van der Waals surface area contributed by atoms with Crippen molar-refractivity contribution < 1.29 is 14.6 Å². The second-order valence-electron chi connectivity index (χ2n) is 13.3. The minimum absolute atomic E-state index is 0.123. The fourth-order valence-corrected chi connectivity index (χ4v) is 7.32. The molecule has 2 fully saturated rings. The Hall–Kier alpha value is -3.55. The number of rotatable bonds is 17. The smallest absolute Gasteiger partial charge is 0.253 e. The van der Waals surface area contributed by atoms with Crippen LogP contribution in [-0.2, 0) is 16.0 Å². The Balaban J connectivity index is 1.29. The summed E-state index contributed by atoms with van der Waals surface area (Å²) in [5.41, 5.74) is 2.61. The van der Waals surface area contributed by atoms with E-state index in [2.05, 4.69) is 33.7 Å². The Kier molecular flexibility index (Phi) is 13.0. The number of piperidine rings is 1. The number of benzene rings is 2. The summed E-state index contributed by atoms with van der Waals surface area (Å²) >= 11 is 0. The molecular weight excluding hydrogens is 592 g/mol. The van der Waals surface area contributed by atoms with Gasteiger partial charge in [-0.3, -0.25) is 9.59 Å². The van der Waals surface area contributed by atoms with Crippen LogP contribution in [0.15, 0.2) is 64.2 Å². The topological polar surface area (TPSA) is 124 Å². The van der Waals surface area contributed by atoms with Gasteiger partial charge < -0.3 is 30.1 Å². The summed E-state index contributed by atoms with van der Waals surface area (Å²) < 4.78 is 11.7. The molecule has 9 nitrogen and oxygen atoms in total. The van der Waals surface area contributed by atoms with E-state index >= 15 is 0 Å². The lowest BCUT2D eigenvalue weighted by molar-refractivity contribution is -0.00235. The van der Waals surface area contributed by atoms with E-state index in [4.69, 9.17) is 14.7 Å². The van der Waals surface area contributed by atoms with Crippen molar-refractivity contribution in [2.45, 2.75) is 82.6 Å². The normalized spacial score (nSPS) is 19.3. The monoisotopic (exact) mass is 642 g/mol. The van der Waals surface area contributed by atoms with Crippen molar-refractivity contribution in [1.82, 2.24) is 5.32 Å². The van der Waals surface area contributed by atoms with Crippen LogP contribution in [0.3, 0.4) is 0 Å². The predicted octanol–water partition coefficient (Wildman–Crippen LogP) is 5.07. The first-order valence-corrected chi connectivity index (χ1v) is 17.4. The molecular formula is C38H50N4O5. The van der Waals surface area contributed by atoms with Crippen molar-refractivity contribution in [3.8, 4) is 6.07 Å². The molecule has 0 spiro atoms. The van der Waals surface area contributed by atoms with Gasteiger partial charge >= 0.3 is 0 Å². The summed E-state index contributed by atoms with van der Waals surface area (Å²) in [5, 5.41) is 27.3. The number of ether oxygens (including phenoxy) is 2. The van der Waals surface area contributed by atoms with Gasteiger partial charge in [0, 0.05) is 52.4 Å². The fourth-order valence-electron chi connectivity index (χ4n) is 7.32. The second kappa shape index (κ2) is 17.6. The lowest BCUT2D eigenvalue weighted by atomic mass is 9.83. The van der Waals surface area contributed by atoms with Crippen LogP contribution in [0, 0.1) is 23.2 Å². The van der Waals surface area contributed by atoms with E-state index in [1.807, 2.05) is 30.3 Å². The third-order valence-electron chi connectivity index (χ3n) is 9.88. The molecule has 0 amide bonds. The van der Waals surface area contributed by atoms with E-state index in [1.54, 1.807) is 19.2 Å². The van der Waals surface area contributed by atoms with Crippen LogP contribution in [-0.4, -0.2) is 57.2 Å². The van der Waals surface area contributed by atoms with Crippen molar-refractivity contribution in [3.63, 3.8) is 0 Å². The maximum atomic E-state index is 13.1. The van der Waals surface area contributed by atoms with Gasteiger partial charge in [0.25, 0.3) is 10.9 Å². The highest BCUT2D eigenvalue weighted by atomic mass is 16.5. The molecule has 0 aromatic heterocycles. The molecule has 0 radical (unpaired) electrons. The summed E-state index contributed by atoms with van der Waals surface area (Å²) in [7, 11) is 1.69. The first-order valence-electron chi connectivity index (χ1n) is 17.4. The zero-order chi connectivity index (χ0) is 33.0. The molecule has 1 aliphatic carbocycles. The molecule has 1 aliphatic heterocycles. The fraction of sp³-hybridized carbons (Fsp3) is 0.553. The maximum Gasteiger partial charge on any atom is 0.253 e. The lowest BCUT2D eigenvalue weighted by Crippen LogP contribution is -2.50. The van der Waals surface area contributed by atoms with E-state index in [0.717, 1.165) is 49.7 Å². The average molecular weight is 643 g/mol. The Bertz CT molecular complexity index is 1490. The number of hydrogen-bond donors (Lipinski definition) is 3. The van der Waals surface area contributed by atoms with Crippen LogP contribution in [0.4, 0.5) is 11.4 Å². The molecule has 47 heavy (non-hydrogen) atoms. The van der Waals surface area contributed by atoms with Crippen molar-refractivity contribution in [3.05, 3.63) is 91.7 Å². The molecule has 1 heterocycles. The van der Waals surface area contributed by atoms with Crippen molar-refractivity contribution in [2.75, 3.05) is 50.2 Å². The average Bonchev–Trinajstić information content (AvgIpc) is 3.12. The van der Waals surface area contributed by atoms with Crippen LogP contribution in [0.25, 0.3) is 0 Å². The zero-order valence-corrected chi connectivity index (χ0v) is 27.7. The number of aliphatic hydroxyl groups is 1. The summed E-state index contributed by atoms with van der Waals surface area (Å²) in [6.07, 6.45) is 8.34. The van der Waals surface area contributed by atoms with Crippen molar-refractivity contribution >= 4 is 11.4 Å². The lowest BCUT2D eigenvalue weighted by Gasteiger charge is -2.40. The third-order valence-corrected chi connectivity index (χ3v) is 9.88. The van der Waals surface area contributed by atoms with Crippen LogP contribution in [0.1, 0.15) is 80.6 Å². The van der Waals surface area contributed by atoms with Gasteiger partial charge in [-0.2, -0.15) is 5.26 Å². The van der Waals surface area contributed by atoms with Crippen molar-refractivity contribution in [1.29, 1.82) is 5.26 Å². The molecule has 1 saturated heterocycles. The Labute approximate surface area is 278 Å². The van der Waals surface area contributed by atoms with E-state index in [-0.39, 0.29) is 18.1 Å². The van der Waals surface area contributed by atoms with Crippen molar-refractivity contribution in [2.24, 2.45) is 11.8 Å². The van der Waals surface area contributed by atoms with E-state index in [9.17, 15) is 14.7 Å². The first kappa shape index (κ1) is 34.8. The molecule has 9 heteroatoms. The molecule has 5 rings (SSSR count). The SMILES string of the molecule is COCCCO[C@@H](c1ccccc1)C1CCCN(c2c(N[C@@H](CC3CCCCC3)[C@H](O)CNCc3ccc(C#N)cc3)c(=O)c2=O)C1. The molecule has 3 aromatic rings. The van der Waals surface area contributed by atoms with Gasteiger partial charge in [0.15, 0.2) is 0 Å². The molecule has 3 N–H and O–H groups in total. The van der Waals surface area contributed by atoms with E-state index < -0.39 is 17.0 Å². The minimum Gasteiger partial charge on any atom is -0.390 e. The first-order chi connectivity index (χ1) is 23.0. The van der Waals surface area contributed by atoms with Gasteiger partial charge in [0.05, 0.1) is 29.9 Å². The Morgan fingerprint density at radius 1 is 0.979 bits per heavy atom. The second-order valence-corrected chi connectivity index (χ2v) is 13.3. The number of nitrogens with zero attached hydrogens (tertiary/aromatic N) is 2. The van der Waals surface area contributed by atoms with Gasteiger partial charge in [-0.1, -0.05) is 74.6 Å². The van der Waals surface area contributed by atoms with Gasteiger partial charge in [-0.15, -0.1) is 0 Å². The molecule has 1 saturated carbocycles. The molecule has 252 valence electrons. The molecule has 2 aliphatic rings. The van der Waals surface area contributed by atoms with E-state index in [0.29, 0.717) is 62.2 Å². The molecule has 3 aromatic carbocycles. The van der Waals surface area contributed by atoms with Crippen LogP contribution < -0.4 is 26.4 Å². The summed E-state index contributed by atoms with van der Waals surface area (Å²) in [6.45, 7) is 3.41. The van der Waals surface area contributed by atoms with Crippen LogP contribution in [0.2, 0.25) is 0 Å². The van der Waals surface area contributed by atoms with Crippen LogP contribution in [0.5, 0.6) is 0 Å². The predicted molar refractivity (Wildman–Crippen MR) is 185 cm³/mol. The number of anilines is 2. The van der Waals surface area contributed by atoms with Gasteiger partial charge in [-0.25, -0.2) is 0 Å². The zero-order valence-electron chi connectivity index (χ0n) is 27.7. The van der Waals surface area contributed by atoms with Gasteiger partial charge in [-0.05, 0) is 54.9 Å². The van der Waals surface area contributed by atoms with Crippen LogP contribution >= 0.6 is 0 Å². The summed E-state index contributed by atoms with van der Waals surface area (Å²) in [6, 6.07) is 19.4. The number of aliphatic hydroxyl groups excluding tert-OH is 1. The van der Waals surface area contributed by atoms with Gasteiger partial charge in [0.2, 0.25) is 0 Å². The summed E-state index contributed by atoms with van der Waals surface area (Å²) in [4.78, 5) is 28.3. The highest BCUT2D eigenvalue weighted by molar-refractivity contribution is 5.75. The largest absolute Gasteiger partial charge is 0.390 e. The Morgan fingerprint density at radius 3 is 2.47 bits per heavy atom. The Morgan fingerprint density at radius 2 is 1.74 bits per heavy atom. The minimum atomic E-state index is -0.760. The standard InChI is InChI=1S/C38H50N4O5/c1-46-20-9-21-47-38(30-12-6-3-7-13-30)31-14-8-19-42(26-31)35-34(36(44)37(35)45)41-32(22-27-10-4-2-5-11-27)33(43)25-40-24-29-17-15-28(23-39)16-18-29/h3,6-7,12-13,15-18,27,31-33,38,40-41,43H,2,4-5,8-11,14,19-22,24-26H2,1H3/t31?,32-,33+,38-/m0/s1. The molecule has 1 unspecified atom stereocenters. The number of hydrogen-bond acceptors (Lipinski definition) is 9. The number of nitrogens with one attached hydrogen (secondary N) is 2. The number of methoxy groups -OCH3 is 1. The molecule has 4 atom stereocenters. The quantitative estimate of drug-likeness (QED) is 0.137.